The van der Waals surface area contributed by atoms with E-state index in [0.717, 1.165) is 0 Å². The van der Waals surface area contributed by atoms with Crippen molar-refractivity contribution in [3.8, 4) is 0 Å². The Morgan fingerprint density at radius 3 is 3.00 bits per heavy atom. The minimum Gasteiger partial charge on any atom is -0.448 e. The number of aryl methyl sites for hydroxylation is 1. The number of amides is 1. The number of amidine groups is 1. The van der Waals surface area contributed by atoms with Crippen molar-refractivity contribution in [2.45, 2.75) is 13.5 Å². The summed E-state index contributed by atoms with van der Waals surface area (Å²) in [5, 5.41) is 18.3. The summed E-state index contributed by atoms with van der Waals surface area (Å²) in [5.41, 5.74) is 1.54. The monoisotopic (exact) mass is 319 g/mol. The average molecular weight is 319 g/mol. The third kappa shape index (κ3) is 3.12. The Balaban J connectivity index is 1.74. The van der Waals surface area contributed by atoms with E-state index in [0.29, 0.717) is 30.1 Å². The van der Waals surface area contributed by atoms with Gasteiger partial charge in [-0.15, -0.1) is 0 Å². The summed E-state index contributed by atoms with van der Waals surface area (Å²) in [5.74, 6) is -0.377. The third-order valence-corrected chi connectivity index (χ3v) is 3.41. The Kier molecular flexibility index (Phi) is 3.92. The van der Waals surface area contributed by atoms with Crippen LogP contribution in [-0.4, -0.2) is 40.3 Å². The highest BCUT2D eigenvalue weighted by Crippen LogP contribution is 2.16. The molecule has 2 N–H and O–H groups in total. The predicted molar refractivity (Wildman–Crippen MR) is 77.6 cm³/mol. The van der Waals surface area contributed by atoms with E-state index in [2.05, 4.69) is 20.3 Å². The summed E-state index contributed by atoms with van der Waals surface area (Å²) in [6.45, 7) is 2.55. The SMILES string of the molecule is Cc1cc(NC(=N)c2nonc2CN2CCOC2=O)ccc1F. The van der Waals surface area contributed by atoms with E-state index in [4.69, 9.17) is 10.1 Å². The Labute approximate surface area is 130 Å². The fourth-order valence-corrected chi connectivity index (χ4v) is 2.18. The number of aromatic nitrogens is 2. The van der Waals surface area contributed by atoms with E-state index in [-0.39, 0.29) is 23.9 Å². The van der Waals surface area contributed by atoms with E-state index in [1.807, 2.05) is 0 Å². The van der Waals surface area contributed by atoms with Crippen LogP contribution < -0.4 is 5.32 Å². The molecule has 0 aliphatic carbocycles. The lowest BCUT2D eigenvalue weighted by atomic mass is 10.2. The van der Waals surface area contributed by atoms with Gasteiger partial charge < -0.3 is 10.1 Å². The lowest BCUT2D eigenvalue weighted by molar-refractivity contribution is 0.156. The van der Waals surface area contributed by atoms with Gasteiger partial charge >= 0.3 is 6.09 Å². The van der Waals surface area contributed by atoms with Gasteiger partial charge in [0.15, 0.2) is 11.5 Å². The summed E-state index contributed by atoms with van der Waals surface area (Å²) in [6.07, 6.45) is -0.437. The molecule has 1 fully saturated rings. The van der Waals surface area contributed by atoms with Crippen LogP contribution in [0.15, 0.2) is 22.8 Å². The zero-order valence-corrected chi connectivity index (χ0v) is 12.3. The average Bonchev–Trinajstić information content (AvgIpc) is 3.13. The molecule has 1 aliphatic heterocycles. The van der Waals surface area contributed by atoms with Crippen LogP contribution in [0.3, 0.4) is 0 Å². The second-order valence-corrected chi connectivity index (χ2v) is 5.06. The molecule has 1 aromatic carbocycles. The summed E-state index contributed by atoms with van der Waals surface area (Å²) < 4.78 is 22.8. The van der Waals surface area contributed by atoms with Crippen LogP contribution >= 0.6 is 0 Å². The van der Waals surface area contributed by atoms with Crippen LogP contribution in [0.5, 0.6) is 0 Å². The molecule has 1 aliphatic rings. The van der Waals surface area contributed by atoms with Gasteiger partial charge in [-0.2, -0.15) is 0 Å². The number of hydrogen-bond donors (Lipinski definition) is 2. The zero-order chi connectivity index (χ0) is 16.4. The van der Waals surface area contributed by atoms with E-state index in [9.17, 15) is 9.18 Å². The number of cyclic esters (lactones) is 1. The molecule has 1 amide bonds. The molecule has 0 bridgehead atoms. The molecule has 23 heavy (non-hydrogen) atoms. The molecule has 0 saturated carbocycles. The Morgan fingerprint density at radius 2 is 2.30 bits per heavy atom. The van der Waals surface area contributed by atoms with Crippen LogP contribution in [0.25, 0.3) is 0 Å². The number of anilines is 1. The second-order valence-electron chi connectivity index (χ2n) is 5.06. The van der Waals surface area contributed by atoms with Crippen LogP contribution in [0, 0.1) is 18.2 Å². The Bertz CT molecular complexity index is 761. The fourth-order valence-electron chi connectivity index (χ4n) is 2.18. The van der Waals surface area contributed by atoms with E-state index in [1.165, 1.54) is 17.0 Å². The number of carbonyl (C=O) groups is 1. The van der Waals surface area contributed by atoms with Gasteiger partial charge in [0.25, 0.3) is 0 Å². The van der Waals surface area contributed by atoms with Crippen molar-refractivity contribution in [2.24, 2.45) is 0 Å². The first kappa shape index (κ1) is 14.9. The summed E-state index contributed by atoms with van der Waals surface area (Å²) in [6, 6.07) is 4.41. The van der Waals surface area contributed by atoms with Crippen molar-refractivity contribution < 1.29 is 18.6 Å². The molecule has 9 heteroatoms. The minimum atomic E-state index is -0.437. The van der Waals surface area contributed by atoms with Crippen LogP contribution in [-0.2, 0) is 11.3 Å². The minimum absolute atomic E-state index is 0.0557. The topological polar surface area (TPSA) is 104 Å². The molecular weight excluding hydrogens is 305 g/mol. The highest BCUT2D eigenvalue weighted by Gasteiger charge is 2.26. The number of benzene rings is 1. The smallest absolute Gasteiger partial charge is 0.410 e. The highest BCUT2D eigenvalue weighted by atomic mass is 19.1. The first-order chi connectivity index (χ1) is 11.0. The van der Waals surface area contributed by atoms with Crippen molar-refractivity contribution in [3.05, 3.63) is 41.0 Å². The zero-order valence-electron chi connectivity index (χ0n) is 12.3. The van der Waals surface area contributed by atoms with Gasteiger partial charge in [0, 0.05) is 5.69 Å². The Morgan fingerprint density at radius 1 is 1.48 bits per heavy atom. The van der Waals surface area contributed by atoms with Crippen molar-refractivity contribution in [2.75, 3.05) is 18.5 Å². The van der Waals surface area contributed by atoms with Gasteiger partial charge in [0.1, 0.15) is 18.1 Å². The molecule has 0 spiro atoms. The lowest BCUT2D eigenvalue weighted by Gasteiger charge is -2.11. The molecular formula is C14H14FN5O3. The van der Waals surface area contributed by atoms with Gasteiger partial charge in [0.05, 0.1) is 13.1 Å². The van der Waals surface area contributed by atoms with E-state index >= 15 is 0 Å². The standard InChI is InChI=1S/C14H14FN5O3/c1-8-6-9(2-3-10(8)15)17-13(16)12-11(18-23-19-12)7-20-4-5-22-14(20)21/h2-3,6H,4-5,7H2,1H3,(H2,16,17). The summed E-state index contributed by atoms with van der Waals surface area (Å²) >= 11 is 0. The van der Waals surface area contributed by atoms with Gasteiger partial charge in [-0.1, -0.05) is 5.16 Å². The molecule has 120 valence electrons. The van der Waals surface area contributed by atoms with Gasteiger partial charge in [-0.25, -0.2) is 13.8 Å². The largest absolute Gasteiger partial charge is 0.448 e. The number of ether oxygens (including phenoxy) is 1. The third-order valence-electron chi connectivity index (χ3n) is 3.41. The van der Waals surface area contributed by atoms with E-state index in [1.54, 1.807) is 13.0 Å². The predicted octanol–water partition coefficient (Wildman–Crippen LogP) is 1.91. The maximum Gasteiger partial charge on any atom is 0.410 e. The number of nitrogens with one attached hydrogen (secondary N) is 2. The normalized spacial score (nSPS) is 14.0. The van der Waals surface area contributed by atoms with Crippen LogP contribution in [0.4, 0.5) is 14.9 Å². The maximum atomic E-state index is 13.3. The van der Waals surface area contributed by atoms with Crippen molar-refractivity contribution in [1.82, 2.24) is 15.2 Å². The van der Waals surface area contributed by atoms with Crippen molar-refractivity contribution >= 4 is 17.6 Å². The molecule has 3 rings (SSSR count). The molecule has 1 saturated heterocycles. The van der Waals surface area contributed by atoms with Gasteiger partial charge in [0.2, 0.25) is 0 Å². The maximum absolute atomic E-state index is 13.3. The van der Waals surface area contributed by atoms with Gasteiger partial charge in [-0.05, 0) is 35.8 Å². The second kappa shape index (κ2) is 6.03. The molecule has 0 atom stereocenters. The Hall–Kier alpha value is -2.97. The lowest BCUT2D eigenvalue weighted by Crippen LogP contribution is -2.25. The molecule has 2 aromatic rings. The summed E-state index contributed by atoms with van der Waals surface area (Å²) in [4.78, 5) is 12.9. The number of halogens is 1. The summed E-state index contributed by atoms with van der Waals surface area (Å²) in [7, 11) is 0. The fraction of sp³-hybridized carbons (Fsp3) is 0.286. The first-order valence-corrected chi connectivity index (χ1v) is 6.90. The van der Waals surface area contributed by atoms with Crippen molar-refractivity contribution in [1.29, 1.82) is 5.41 Å². The number of hydrogen-bond acceptors (Lipinski definition) is 6. The van der Waals surface area contributed by atoms with Gasteiger partial charge in [-0.3, -0.25) is 10.3 Å². The quantitative estimate of drug-likeness (QED) is 0.659. The number of rotatable bonds is 4. The van der Waals surface area contributed by atoms with Crippen LogP contribution in [0.1, 0.15) is 17.0 Å². The van der Waals surface area contributed by atoms with Crippen LogP contribution in [0.2, 0.25) is 0 Å². The molecule has 0 radical (unpaired) electrons. The van der Waals surface area contributed by atoms with Crippen molar-refractivity contribution in [3.63, 3.8) is 0 Å². The molecule has 0 unspecified atom stereocenters. The van der Waals surface area contributed by atoms with E-state index < -0.39 is 6.09 Å². The molecule has 1 aromatic heterocycles. The molecule has 2 heterocycles. The first-order valence-electron chi connectivity index (χ1n) is 6.90. The number of nitrogens with zero attached hydrogens (tertiary/aromatic N) is 3. The molecule has 8 nitrogen and oxygen atoms in total. The number of carbonyl (C=O) groups excluding carboxylic acids is 1. The highest BCUT2D eigenvalue weighted by molar-refractivity contribution is 6.05.